The molecule has 164 valence electrons. The van der Waals surface area contributed by atoms with E-state index in [1.54, 1.807) is 41.3 Å². The van der Waals surface area contributed by atoms with Crippen molar-refractivity contribution in [2.75, 3.05) is 6.54 Å². The highest BCUT2D eigenvalue weighted by Crippen LogP contribution is 2.37. The summed E-state index contributed by atoms with van der Waals surface area (Å²) in [5.41, 5.74) is 0.815. The number of aromatic nitrogens is 3. The standard InChI is InChI=1S/C23H21FN4O4/c1-23(21-25-20(32-26-21)15-8-10-16(24)11-9-15)12-4-5-13-28(23)19(29)14-27-17-6-2-3-7-18(17)31-22(27)30/h2-3,6-11H,4-5,12-14H2,1H3. The summed E-state index contributed by atoms with van der Waals surface area (Å²) in [6, 6.07) is 12.8. The van der Waals surface area contributed by atoms with E-state index in [1.807, 2.05) is 6.92 Å². The van der Waals surface area contributed by atoms with Crippen molar-refractivity contribution in [3.63, 3.8) is 0 Å². The molecule has 1 aliphatic heterocycles. The van der Waals surface area contributed by atoms with Crippen molar-refractivity contribution in [3.05, 3.63) is 70.7 Å². The van der Waals surface area contributed by atoms with E-state index in [0.717, 1.165) is 12.8 Å². The van der Waals surface area contributed by atoms with Crippen LogP contribution in [0.3, 0.4) is 0 Å². The Labute approximate surface area is 182 Å². The zero-order chi connectivity index (χ0) is 22.3. The Morgan fingerprint density at radius 1 is 1.16 bits per heavy atom. The van der Waals surface area contributed by atoms with Crippen LogP contribution in [-0.4, -0.2) is 32.1 Å². The van der Waals surface area contributed by atoms with Crippen LogP contribution in [0.1, 0.15) is 32.0 Å². The molecular formula is C23H21FN4O4. The fraction of sp³-hybridized carbons (Fsp3) is 0.304. The molecule has 9 heteroatoms. The molecule has 1 aliphatic rings. The van der Waals surface area contributed by atoms with Crippen LogP contribution in [0.5, 0.6) is 0 Å². The van der Waals surface area contributed by atoms with Crippen LogP contribution in [0.4, 0.5) is 4.39 Å². The molecule has 1 fully saturated rings. The molecule has 1 unspecified atom stereocenters. The van der Waals surface area contributed by atoms with Gasteiger partial charge in [-0.05, 0) is 62.6 Å². The SMILES string of the molecule is CC1(c2noc(-c3ccc(F)cc3)n2)CCCCN1C(=O)Cn1c(=O)oc2ccccc21. The topological polar surface area (TPSA) is 94.4 Å². The molecule has 3 heterocycles. The second-order valence-corrected chi connectivity index (χ2v) is 8.13. The van der Waals surface area contributed by atoms with Crippen LogP contribution in [-0.2, 0) is 16.9 Å². The van der Waals surface area contributed by atoms with Gasteiger partial charge in [-0.2, -0.15) is 4.98 Å². The van der Waals surface area contributed by atoms with Crippen LogP contribution in [0.15, 0.2) is 62.3 Å². The summed E-state index contributed by atoms with van der Waals surface area (Å²) in [6.45, 7) is 2.27. The lowest BCUT2D eigenvalue weighted by Crippen LogP contribution is -2.52. The minimum absolute atomic E-state index is 0.145. The number of hydrogen-bond acceptors (Lipinski definition) is 6. The van der Waals surface area contributed by atoms with Gasteiger partial charge in [0.1, 0.15) is 17.9 Å². The van der Waals surface area contributed by atoms with Crippen molar-refractivity contribution in [1.29, 1.82) is 0 Å². The van der Waals surface area contributed by atoms with Crippen LogP contribution in [0, 0.1) is 5.82 Å². The molecule has 0 aliphatic carbocycles. The van der Waals surface area contributed by atoms with E-state index < -0.39 is 11.3 Å². The fourth-order valence-corrected chi connectivity index (χ4v) is 4.29. The summed E-state index contributed by atoms with van der Waals surface area (Å²) in [5, 5.41) is 4.15. The highest BCUT2D eigenvalue weighted by Gasteiger charge is 2.43. The Hall–Kier alpha value is -3.75. The number of benzene rings is 2. The zero-order valence-corrected chi connectivity index (χ0v) is 17.5. The van der Waals surface area contributed by atoms with Gasteiger partial charge in [0, 0.05) is 12.1 Å². The summed E-state index contributed by atoms with van der Waals surface area (Å²) in [5.74, 6) is -0.512. The molecule has 2 aromatic heterocycles. The molecule has 32 heavy (non-hydrogen) atoms. The summed E-state index contributed by atoms with van der Waals surface area (Å²) in [7, 11) is 0. The molecule has 0 saturated carbocycles. The molecule has 0 radical (unpaired) electrons. The van der Waals surface area contributed by atoms with Gasteiger partial charge >= 0.3 is 5.76 Å². The Kier molecular flexibility index (Phi) is 4.88. The molecule has 0 N–H and O–H groups in total. The quantitative estimate of drug-likeness (QED) is 0.484. The number of carbonyl (C=O) groups is 1. The molecule has 4 aromatic rings. The fourth-order valence-electron chi connectivity index (χ4n) is 4.29. The molecular weight excluding hydrogens is 415 g/mol. The predicted molar refractivity (Wildman–Crippen MR) is 113 cm³/mol. The number of piperidine rings is 1. The van der Waals surface area contributed by atoms with E-state index in [1.165, 1.54) is 16.7 Å². The second kappa shape index (κ2) is 7.74. The highest BCUT2D eigenvalue weighted by atomic mass is 19.1. The first kappa shape index (κ1) is 20.2. The summed E-state index contributed by atoms with van der Waals surface area (Å²) < 4.78 is 25.3. The lowest BCUT2D eigenvalue weighted by atomic mass is 9.87. The van der Waals surface area contributed by atoms with Crippen LogP contribution in [0.2, 0.25) is 0 Å². The number of hydrogen-bond donors (Lipinski definition) is 0. The van der Waals surface area contributed by atoms with E-state index in [2.05, 4.69) is 10.1 Å². The van der Waals surface area contributed by atoms with Crippen molar-refractivity contribution in [3.8, 4) is 11.5 Å². The van der Waals surface area contributed by atoms with Crippen LogP contribution in [0.25, 0.3) is 22.6 Å². The second-order valence-electron chi connectivity index (χ2n) is 8.13. The van der Waals surface area contributed by atoms with Gasteiger partial charge in [-0.1, -0.05) is 17.3 Å². The van der Waals surface area contributed by atoms with Gasteiger partial charge in [0.2, 0.25) is 5.91 Å². The molecule has 0 bridgehead atoms. The monoisotopic (exact) mass is 436 g/mol. The number of likely N-dealkylation sites (tertiary alicyclic amines) is 1. The number of rotatable bonds is 4. The smallest absolute Gasteiger partial charge is 0.408 e. The molecule has 1 amide bonds. The minimum atomic E-state index is -0.791. The zero-order valence-electron chi connectivity index (χ0n) is 17.5. The van der Waals surface area contributed by atoms with Crippen molar-refractivity contribution < 1.29 is 18.1 Å². The lowest BCUT2D eigenvalue weighted by molar-refractivity contribution is -0.141. The maximum atomic E-state index is 13.4. The van der Waals surface area contributed by atoms with Crippen LogP contribution >= 0.6 is 0 Å². The summed E-state index contributed by atoms with van der Waals surface area (Å²) >= 11 is 0. The average Bonchev–Trinajstić information content (AvgIpc) is 3.40. The third-order valence-corrected chi connectivity index (χ3v) is 6.06. The van der Waals surface area contributed by atoms with Gasteiger partial charge in [-0.3, -0.25) is 9.36 Å². The van der Waals surface area contributed by atoms with Crippen LogP contribution < -0.4 is 5.76 Å². The molecule has 1 saturated heterocycles. The number of amides is 1. The first-order valence-corrected chi connectivity index (χ1v) is 10.4. The Balaban J connectivity index is 1.45. The maximum Gasteiger partial charge on any atom is 0.420 e. The maximum absolute atomic E-state index is 13.4. The molecule has 2 aromatic carbocycles. The number of carbonyl (C=O) groups excluding carboxylic acids is 1. The van der Waals surface area contributed by atoms with Crippen molar-refractivity contribution in [1.82, 2.24) is 19.6 Å². The summed E-state index contributed by atoms with van der Waals surface area (Å²) in [6.07, 6.45) is 2.39. The number of fused-ring (bicyclic) bond motifs is 1. The lowest BCUT2D eigenvalue weighted by Gasteiger charge is -2.42. The summed E-state index contributed by atoms with van der Waals surface area (Å²) in [4.78, 5) is 31.9. The molecule has 5 rings (SSSR count). The van der Waals surface area contributed by atoms with Gasteiger partial charge in [0.25, 0.3) is 5.89 Å². The third-order valence-electron chi connectivity index (χ3n) is 6.06. The largest absolute Gasteiger partial charge is 0.420 e. The van der Waals surface area contributed by atoms with E-state index in [4.69, 9.17) is 8.94 Å². The molecule has 0 spiro atoms. The first-order chi connectivity index (χ1) is 15.5. The van der Waals surface area contributed by atoms with Crippen molar-refractivity contribution in [2.24, 2.45) is 0 Å². The normalized spacial score (nSPS) is 18.9. The van der Waals surface area contributed by atoms with E-state index in [9.17, 15) is 14.0 Å². The molecule has 1 atom stereocenters. The van der Waals surface area contributed by atoms with E-state index >= 15 is 0 Å². The van der Waals surface area contributed by atoms with Gasteiger partial charge in [-0.25, -0.2) is 9.18 Å². The predicted octanol–water partition coefficient (Wildman–Crippen LogP) is 3.71. The number of para-hydroxylation sites is 2. The number of halogens is 1. The van der Waals surface area contributed by atoms with Gasteiger partial charge < -0.3 is 13.8 Å². The molecule has 8 nitrogen and oxygen atoms in total. The van der Waals surface area contributed by atoms with Gasteiger partial charge in [0.05, 0.1) is 5.52 Å². The Morgan fingerprint density at radius 2 is 1.94 bits per heavy atom. The van der Waals surface area contributed by atoms with Gasteiger partial charge in [-0.15, -0.1) is 0 Å². The van der Waals surface area contributed by atoms with Crippen molar-refractivity contribution in [2.45, 2.75) is 38.3 Å². The number of nitrogens with zero attached hydrogens (tertiary/aromatic N) is 4. The highest BCUT2D eigenvalue weighted by molar-refractivity contribution is 5.80. The Bertz CT molecular complexity index is 1340. The van der Waals surface area contributed by atoms with Crippen molar-refractivity contribution >= 4 is 17.0 Å². The first-order valence-electron chi connectivity index (χ1n) is 10.4. The third kappa shape index (κ3) is 3.39. The minimum Gasteiger partial charge on any atom is -0.408 e. The van der Waals surface area contributed by atoms with E-state index in [-0.39, 0.29) is 24.2 Å². The van der Waals surface area contributed by atoms with E-state index in [0.29, 0.717) is 35.5 Å². The Morgan fingerprint density at radius 3 is 2.75 bits per heavy atom. The number of oxazole rings is 1. The average molecular weight is 436 g/mol. The van der Waals surface area contributed by atoms with Gasteiger partial charge in [0.15, 0.2) is 11.4 Å².